The number of anilines is 2. The summed E-state index contributed by atoms with van der Waals surface area (Å²) in [6.07, 6.45) is -0.243. The van der Waals surface area contributed by atoms with Gasteiger partial charge in [0, 0.05) is 37.0 Å². The Morgan fingerprint density at radius 3 is 2.72 bits per heavy atom. The molecule has 2 aromatic rings. The van der Waals surface area contributed by atoms with Crippen LogP contribution in [0.1, 0.15) is 12.8 Å². The third-order valence-electron chi connectivity index (χ3n) is 3.36. The molecule has 0 amide bonds. The van der Waals surface area contributed by atoms with Crippen molar-refractivity contribution in [2.75, 3.05) is 23.7 Å². The summed E-state index contributed by atoms with van der Waals surface area (Å²) in [5.41, 5.74) is 7.26. The predicted octanol–water partition coefficient (Wildman–Crippen LogP) is 2.38. The maximum Gasteiger partial charge on any atom is 0.251 e. The van der Waals surface area contributed by atoms with E-state index in [9.17, 15) is 8.78 Å². The standard InChI is InChI=1S/C12H14F2N4/c13-12(14)3-5-18(6-4-12)11-9-7-8(15)1-2-10(9)16-17-11/h1-2,7H,3-6,15H2,(H,16,17). The first-order valence-corrected chi connectivity index (χ1v) is 5.92. The van der Waals surface area contributed by atoms with Crippen LogP contribution in [0, 0.1) is 0 Å². The van der Waals surface area contributed by atoms with E-state index in [4.69, 9.17) is 5.73 Å². The minimum Gasteiger partial charge on any atom is -0.399 e. The Bertz CT molecular complexity index is 568. The average Bonchev–Trinajstić information content (AvgIpc) is 2.72. The SMILES string of the molecule is Nc1ccc2[nH]nc(N3CCC(F)(F)CC3)c2c1. The highest BCUT2D eigenvalue weighted by atomic mass is 19.3. The van der Waals surface area contributed by atoms with Crippen LogP contribution >= 0.6 is 0 Å². The lowest BCUT2D eigenvalue weighted by molar-refractivity contribution is -0.0221. The van der Waals surface area contributed by atoms with Crippen molar-refractivity contribution in [3.63, 3.8) is 0 Å². The van der Waals surface area contributed by atoms with Gasteiger partial charge in [-0.25, -0.2) is 8.78 Å². The molecular weight excluding hydrogens is 238 g/mol. The molecule has 1 saturated heterocycles. The summed E-state index contributed by atoms with van der Waals surface area (Å²) in [5.74, 6) is -1.82. The Hall–Kier alpha value is -1.85. The number of aromatic nitrogens is 2. The van der Waals surface area contributed by atoms with Gasteiger partial charge in [0.05, 0.1) is 5.52 Å². The first-order chi connectivity index (χ1) is 8.55. The molecule has 0 spiro atoms. The number of benzene rings is 1. The van der Waals surface area contributed by atoms with Gasteiger partial charge in [0.1, 0.15) is 0 Å². The number of rotatable bonds is 1. The van der Waals surface area contributed by atoms with E-state index in [1.165, 1.54) is 0 Å². The normalized spacial score (nSPS) is 19.3. The lowest BCUT2D eigenvalue weighted by Crippen LogP contribution is -2.39. The summed E-state index contributed by atoms with van der Waals surface area (Å²) in [7, 11) is 0. The predicted molar refractivity (Wildman–Crippen MR) is 66.9 cm³/mol. The van der Waals surface area contributed by atoms with Crippen molar-refractivity contribution in [3.05, 3.63) is 18.2 Å². The van der Waals surface area contributed by atoms with Gasteiger partial charge in [0.25, 0.3) is 5.92 Å². The number of hydrogen-bond donors (Lipinski definition) is 2. The Labute approximate surface area is 103 Å². The molecular formula is C12H14F2N4. The van der Waals surface area contributed by atoms with Gasteiger partial charge in [-0.15, -0.1) is 0 Å². The van der Waals surface area contributed by atoms with E-state index < -0.39 is 5.92 Å². The summed E-state index contributed by atoms with van der Waals surface area (Å²) in [6, 6.07) is 5.45. The fraction of sp³-hybridized carbons (Fsp3) is 0.417. The van der Waals surface area contributed by atoms with E-state index in [0.717, 1.165) is 10.9 Å². The van der Waals surface area contributed by atoms with Gasteiger partial charge < -0.3 is 10.6 Å². The van der Waals surface area contributed by atoms with E-state index in [0.29, 0.717) is 24.6 Å². The summed E-state index contributed by atoms with van der Waals surface area (Å²) in [5, 5.41) is 8.00. The molecule has 0 radical (unpaired) electrons. The monoisotopic (exact) mass is 252 g/mol. The van der Waals surface area contributed by atoms with Crippen LogP contribution in [0.25, 0.3) is 10.9 Å². The number of piperidine rings is 1. The first-order valence-electron chi connectivity index (χ1n) is 5.92. The highest BCUT2D eigenvalue weighted by Gasteiger charge is 2.34. The number of nitrogens with one attached hydrogen (secondary N) is 1. The fourth-order valence-corrected chi connectivity index (χ4v) is 2.30. The second-order valence-electron chi connectivity index (χ2n) is 4.70. The molecule has 0 bridgehead atoms. The molecule has 3 N–H and O–H groups in total. The van der Waals surface area contributed by atoms with Crippen molar-refractivity contribution in [2.45, 2.75) is 18.8 Å². The number of halogens is 2. The van der Waals surface area contributed by atoms with Crippen LogP contribution in [0.5, 0.6) is 0 Å². The Balaban J connectivity index is 1.93. The summed E-state index contributed by atoms with van der Waals surface area (Å²) in [4.78, 5) is 1.88. The second-order valence-corrected chi connectivity index (χ2v) is 4.70. The number of nitrogens with two attached hydrogens (primary N) is 1. The molecule has 18 heavy (non-hydrogen) atoms. The van der Waals surface area contributed by atoms with E-state index >= 15 is 0 Å². The molecule has 0 aliphatic carbocycles. The maximum absolute atomic E-state index is 13.1. The lowest BCUT2D eigenvalue weighted by atomic mass is 10.1. The minimum atomic E-state index is -2.54. The van der Waals surface area contributed by atoms with Crippen molar-refractivity contribution in [1.29, 1.82) is 0 Å². The van der Waals surface area contributed by atoms with Crippen LogP contribution in [-0.4, -0.2) is 29.2 Å². The minimum absolute atomic E-state index is 0.121. The van der Waals surface area contributed by atoms with E-state index in [-0.39, 0.29) is 12.8 Å². The molecule has 1 aliphatic rings. The van der Waals surface area contributed by atoms with Crippen molar-refractivity contribution in [1.82, 2.24) is 10.2 Å². The number of fused-ring (bicyclic) bond motifs is 1. The van der Waals surface area contributed by atoms with Gasteiger partial charge in [-0.3, -0.25) is 5.10 Å². The molecule has 6 heteroatoms. The fourth-order valence-electron chi connectivity index (χ4n) is 2.30. The van der Waals surface area contributed by atoms with Gasteiger partial charge in [-0.05, 0) is 18.2 Å². The molecule has 1 aromatic carbocycles. The Morgan fingerprint density at radius 1 is 1.28 bits per heavy atom. The summed E-state index contributed by atoms with van der Waals surface area (Å²) in [6.45, 7) is 0.642. The Morgan fingerprint density at radius 2 is 2.00 bits per heavy atom. The number of nitrogen functional groups attached to an aromatic ring is 1. The largest absolute Gasteiger partial charge is 0.399 e. The van der Waals surface area contributed by atoms with E-state index in [1.807, 2.05) is 17.0 Å². The smallest absolute Gasteiger partial charge is 0.251 e. The van der Waals surface area contributed by atoms with Gasteiger partial charge >= 0.3 is 0 Å². The topological polar surface area (TPSA) is 57.9 Å². The van der Waals surface area contributed by atoms with Crippen molar-refractivity contribution in [3.8, 4) is 0 Å². The third kappa shape index (κ3) is 1.87. The molecule has 1 fully saturated rings. The first kappa shape index (κ1) is 11.3. The molecule has 2 heterocycles. The average molecular weight is 252 g/mol. The summed E-state index contributed by atoms with van der Waals surface area (Å²) >= 11 is 0. The van der Waals surface area contributed by atoms with Gasteiger partial charge in [-0.1, -0.05) is 0 Å². The zero-order valence-electron chi connectivity index (χ0n) is 9.79. The van der Waals surface area contributed by atoms with Crippen LogP contribution in [0.15, 0.2) is 18.2 Å². The third-order valence-corrected chi connectivity index (χ3v) is 3.36. The van der Waals surface area contributed by atoms with Crippen LogP contribution in [0.2, 0.25) is 0 Å². The number of alkyl halides is 2. The van der Waals surface area contributed by atoms with Gasteiger partial charge in [0.15, 0.2) is 5.82 Å². The lowest BCUT2D eigenvalue weighted by Gasteiger charge is -2.31. The molecule has 4 nitrogen and oxygen atoms in total. The molecule has 3 rings (SSSR count). The molecule has 0 atom stereocenters. The van der Waals surface area contributed by atoms with Crippen molar-refractivity contribution >= 4 is 22.4 Å². The van der Waals surface area contributed by atoms with Crippen LogP contribution in [-0.2, 0) is 0 Å². The molecule has 96 valence electrons. The molecule has 0 saturated carbocycles. The number of hydrogen-bond acceptors (Lipinski definition) is 3. The van der Waals surface area contributed by atoms with E-state index in [2.05, 4.69) is 10.2 Å². The quantitative estimate of drug-likeness (QED) is 0.766. The second kappa shape index (κ2) is 3.83. The zero-order chi connectivity index (χ0) is 12.8. The van der Waals surface area contributed by atoms with E-state index in [1.54, 1.807) is 6.07 Å². The molecule has 0 unspecified atom stereocenters. The van der Waals surface area contributed by atoms with Gasteiger partial charge in [0.2, 0.25) is 0 Å². The highest BCUT2D eigenvalue weighted by molar-refractivity contribution is 5.92. The highest BCUT2D eigenvalue weighted by Crippen LogP contribution is 2.33. The van der Waals surface area contributed by atoms with Gasteiger partial charge in [-0.2, -0.15) is 5.10 Å². The number of H-pyrrole nitrogens is 1. The van der Waals surface area contributed by atoms with Crippen LogP contribution < -0.4 is 10.6 Å². The Kier molecular flexibility index (Phi) is 2.39. The van der Waals surface area contributed by atoms with Crippen LogP contribution in [0.3, 0.4) is 0 Å². The van der Waals surface area contributed by atoms with Crippen LogP contribution in [0.4, 0.5) is 20.3 Å². The maximum atomic E-state index is 13.1. The zero-order valence-corrected chi connectivity index (χ0v) is 9.79. The molecule has 1 aliphatic heterocycles. The summed E-state index contributed by atoms with van der Waals surface area (Å²) < 4.78 is 26.2. The van der Waals surface area contributed by atoms with Crippen molar-refractivity contribution < 1.29 is 8.78 Å². The van der Waals surface area contributed by atoms with Crippen molar-refractivity contribution in [2.24, 2.45) is 0 Å². The number of nitrogens with zero attached hydrogens (tertiary/aromatic N) is 2. The molecule has 1 aromatic heterocycles. The number of aromatic amines is 1.